The molecule has 65 valence electrons. The lowest BCUT2D eigenvalue weighted by atomic mass is 10.3. The molecule has 1 nitrogen and oxygen atoms in total. The lowest BCUT2D eigenvalue weighted by Crippen LogP contribution is -1.93. The maximum Gasteiger partial charge on any atom is 0.147 e. The summed E-state index contributed by atoms with van der Waals surface area (Å²) in [5, 5.41) is 0. The molecule has 12 heavy (non-hydrogen) atoms. The Kier molecular flexibility index (Phi) is 4.06. The van der Waals surface area contributed by atoms with E-state index in [2.05, 4.69) is 54.7 Å². The molecule has 0 saturated heterocycles. The van der Waals surface area contributed by atoms with E-state index in [4.69, 9.17) is 4.74 Å². The maximum absolute atomic E-state index is 5.30. The first-order valence-corrected chi connectivity index (χ1v) is 5.59. The van der Waals surface area contributed by atoms with E-state index in [0.29, 0.717) is 6.61 Å². The zero-order valence-electron chi connectivity index (χ0n) is 6.11. The van der Waals surface area contributed by atoms with Gasteiger partial charge < -0.3 is 4.74 Å². The molecule has 4 heteroatoms. The summed E-state index contributed by atoms with van der Waals surface area (Å²) in [6.45, 7) is 4.03. The average Bonchev–Trinajstić information content (AvgIpc) is 1.96. The van der Waals surface area contributed by atoms with E-state index in [0.717, 1.165) is 19.2 Å². The Morgan fingerprint density at radius 3 is 2.08 bits per heavy atom. The maximum atomic E-state index is 5.30. The highest BCUT2D eigenvalue weighted by Gasteiger charge is 2.06. The van der Waals surface area contributed by atoms with Crippen LogP contribution < -0.4 is 4.74 Å². The molecule has 0 atom stereocenters. The van der Waals surface area contributed by atoms with Gasteiger partial charge in [-0.3, -0.25) is 0 Å². The zero-order chi connectivity index (χ0) is 9.14. The van der Waals surface area contributed by atoms with E-state index >= 15 is 0 Å². The predicted molar refractivity (Wildman–Crippen MR) is 60.4 cm³/mol. The van der Waals surface area contributed by atoms with Crippen molar-refractivity contribution in [2.45, 2.75) is 0 Å². The van der Waals surface area contributed by atoms with E-state index < -0.39 is 0 Å². The smallest absolute Gasteiger partial charge is 0.147 e. The van der Waals surface area contributed by atoms with Crippen molar-refractivity contribution in [2.24, 2.45) is 0 Å². The molecule has 0 bridgehead atoms. The van der Waals surface area contributed by atoms with Crippen molar-refractivity contribution in [3.05, 3.63) is 32.5 Å². The normalized spacial score (nSPS) is 10.0. The summed E-state index contributed by atoms with van der Waals surface area (Å²) < 4.78 is 8.11. The number of hydrogen-bond donors (Lipinski definition) is 0. The highest BCUT2D eigenvalue weighted by molar-refractivity contribution is 9.11. The van der Waals surface area contributed by atoms with Gasteiger partial charge in [0.1, 0.15) is 5.75 Å². The second-order valence-corrected chi connectivity index (χ2v) is 4.67. The first-order chi connectivity index (χ1) is 5.65. The molecule has 0 aliphatic heterocycles. The topological polar surface area (TPSA) is 9.23 Å². The fraction of sp³-hybridized carbons (Fsp3) is 0.125. The van der Waals surface area contributed by atoms with Crippen molar-refractivity contribution >= 4 is 47.8 Å². The summed E-state index contributed by atoms with van der Waals surface area (Å²) >= 11 is 10.1. The number of hydrogen-bond acceptors (Lipinski definition) is 1. The van der Waals surface area contributed by atoms with Crippen LogP contribution in [0.25, 0.3) is 0 Å². The Bertz CT molecular complexity index is 263. The Hall–Kier alpha value is 0.460. The molecular weight excluding hydrogens is 352 g/mol. The molecule has 1 rings (SSSR count). The Labute approximate surface area is 96.9 Å². The Balaban J connectivity index is 3.10. The van der Waals surface area contributed by atoms with Gasteiger partial charge in [0.15, 0.2) is 0 Å². The van der Waals surface area contributed by atoms with Crippen molar-refractivity contribution in [2.75, 3.05) is 6.61 Å². The van der Waals surface area contributed by atoms with E-state index in [1.54, 1.807) is 0 Å². The summed E-state index contributed by atoms with van der Waals surface area (Å²) in [5.41, 5.74) is 0. The first kappa shape index (κ1) is 10.5. The minimum Gasteiger partial charge on any atom is -0.491 e. The summed E-state index contributed by atoms with van der Waals surface area (Å²) in [4.78, 5) is 0. The molecule has 0 aliphatic rings. The summed E-state index contributed by atoms with van der Waals surface area (Å²) in [5.74, 6) is 0.785. The molecule has 1 radical (unpaired) electrons. The molecule has 0 aromatic heterocycles. The van der Waals surface area contributed by atoms with E-state index in [9.17, 15) is 0 Å². The average molecular weight is 358 g/mol. The molecule has 0 N–H and O–H groups in total. The molecule has 0 saturated carbocycles. The van der Waals surface area contributed by atoms with Gasteiger partial charge >= 0.3 is 0 Å². The monoisotopic (exact) mass is 355 g/mol. The lowest BCUT2D eigenvalue weighted by Gasteiger charge is -2.08. The van der Waals surface area contributed by atoms with Gasteiger partial charge in [0.25, 0.3) is 0 Å². The zero-order valence-corrected chi connectivity index (χ0v) is 10.9. The molecule has 0 spiro atoms. The van der Waals surface area contributed by atoms with Gasteiger partial charge in [-0.1, -0.05) is 15.9 Å². The van der Waals surface area contributed by atoms with Crippen LogP contribution in [-0.2, 0) is 0 Å². The fourth-order valence-electron chi connectivity index (χ4n) is 0.769. The van der Waals surface area contributed by atoms with Crippen LogP contribution in [0.4, 0.5) is 0 Å². The van der Waals surface area contributed by atoms with Crippen LogP contribution in [0.3, 0.4) is 0 Å². The highest BCUT2D eigenvalue weighted by Crippen LogP contribution is 2.36. The van der Waals surface area contributed by atoms with Gasteiger partial charge in [0.05, 0.1) is 15.6 Å². The summed E-state index contributed by atoms with van der Waals surface area (Å²) in [6.07, 6.45) is 0. The van der Waals surface area contributed by atoms with Crippen molar-refractivity contribution in [3.8, 4) is 5.75 Å². The number of benzene rings is 1. The molecule has 1 aromatic carbocycles. The molecule has 0 aliphatic carbocycles. The highest BCUT2D eigenvalue weighted by atomic mass is 79.9. The van der Waals surface area contributed by atoms with Gasteiger partial charge in [-0.25, -0.2) is 0 Å². The van der Waals surface area contributed by atoms with Crippen LogP contribution in [0.15, 0.2) is 25.6 Å². The lowest BCUT2D eigenvalue weighted by molar-refractivity contribution is 0.356. The van der Waals surface area contributed by atoms with Crippen molar-refractivity contribution in [1.29, 1.82) is 0 Å². The summed E-state index contributed by atoms with van der Waals surface area (Å²) in [6, 6.07) is 3.85. The molecule has 1 aromatic rings. The largest absolute Gasteiger partial charge is 0.491 e. The van der Waals surface area contributed by atoms with Gasteiger partial charge in [-0.05, 0) is 50.9 Å². The SMILES string of the molecule is [CH2]COc1c(Br)cc(Br)cc1Br. The quantitative estimate of drug-likeness (QED) is 0.771. The molecule has 0 heterocycles. The van der Waals surface area contributed by atoms with E-state index in [-0.39, 0.29) is 0 Å². The third-order valence-electron chi connectivity index (χ3n) is 1.21. The second-order valence-electron chi connectivity index (χ2n) is 2.05. The standard InChI is InChI=1S/C8H6Br3O/c1-2-12-8-6(10)3-5(9)4-7(8)11/h3-4H,1-2H2. The molecular formula is C8H6Br3O. The van der Waals surface area contributed by atoms with Crippen LogP contribution >= 0.6 is 47.8 Å². The minimum atomic E-state index is 0.416. The van der Waals surface area contributed by atoms with Crippen LogP contribution in [0.2, 0.25) is 0 Å². The van der Waals surface area contributed by atoms with E-state index in [1.165, 1.54) is 0 Å². The van der Waals surface area contributed by atoms with Gasteiger partial charge in [0.2, 0.25) is 0 Å². The van der Waals surface area contributed by atoms with Crippen LogP contribution in [0, 0.1) is 6.92 Å². The Morgan fingerprint density at radius 2 is 1.67 bits per heavy atom. The first-order valence-electron chi connectivity index (χ1n) is 3.21. The predicted octanol–water partition coefficient (Wildman–Crippen LogP) is 4.19. The van der Waals surface area contributed by atoms with Gasteiger partial charge in [0, 0.05) is 4.47 Å². The Morgan fingerprint density at radius 1 is 1.17 bits per heavy atom. The number of ether oxygens (including phenoxy) is 1. The molecule has 0 fully saturated rings. The van der Waals surface area contributed by atoms with Crippen molar-refractivity contribution in [1.82, 2.24) is 0 Å². The number of rotatable bonds is 2. The van der Waals surface area contributed by atoms with Gasteiger partial charge in [-0.15, -0.1) is 0 Å². The van der Waals surface area contributed by atoms with Crippen LogP contribution in [0.5, 0.6) is 5.75 Å². The van der Waals surface area contributed by atoms with Crippen molar-refractivity contribution < 1.29 is 4.74 Å². The minimum absolute atomic E-state index is 0.416. The van der Waals surface area contributed by atoms with Crippen LogP contribution in [-0.4, -0.2) is 6.61 Å². The summed E-state index contributed by atoms with van der Waals surface area (Å²) in [7, 11) is 0. The third-order valence-corrected chi connectivity index (χ3v) is 2.85. The van der Waals surface area contributed by atoms with Gasteiger partial charge in [-0.2, -0.15) is 0 Å². The third kappa shape index (κ3) is 2.47. The van der Waals surface area contributed by atoms with Crippen molar-refractivity contribution in [3.63, 3.8) is 0 Å². The second kappa shape index (κ2) is 4.63. The number of halogens is 3. The molecule has 0 amide bonds. The van der Waals surface area contributed by atoms with E-state index in [1.807, 2.05) is 12.1 Å². The fourth-order valence-corrected chi connectivity index (χ4v) is 3.26. The van der Waals surface area contributed by atoms with Crippen LogP contribution in [0.1, 0.15) is 0 Å². The molecule has 0 unspecified atom stereocenters.